The van der Waals surface area contributed by atoms with Crippen LogP contribution in [-0.2, 0) is 0 Å². The van der Waals surface area contributed by atoms with Gasteiger partial charge in [0.05, 0.1) is 16.1 Å². The van der Waals surface area contributed by atoms with Crippen LogP contribution < -0.4 is 10.9 Å². The van der Waals surface area contributed by atoms with E-state index in [4.69, 9.17) is 11.6 Å². The van der Waals surface area contributed by atoms with Crippen LogP contribution in [0.2, 0.25) is 5.02 Å². The summed E-state index contributed by atoms with van der Waals surface area (Å²) in [5.74, 6) is -0.927. The molecule has 1 aromatic heterocycles. The van der Waals surface area contributed by atoms with Crippen molar-refractivity contribution in [3.8, 4) is 0 Å². The van der Waals surface area contributed by atoms with E-state index in [-0.39, 0.29) is 5.56 Å². The number of carbonyl (C=O) groups is 2. The predicted molar refractivity (Wildman–Crippen MR) is 109 cm³/mol. The molecule has 0 unspecified atom stereocenters. The monoisotopic (exact) mass is 461 g/mol. The van der Waals surface area contributed by atoms with Gasteiger partial charge in [-0.3, -0.25) is 20.4 Å². The third-order valence-electron chi connectivity index (χ3n) is 3.45. The van der Waals surface area contributed by atoms with E-state index in [9.17, 15) is 9.59 Å². The Labute approximate surface area is 173 Å². The molecule has 0 saturated carbocycles. The lowest BCUT2D eigenvalue weighted by Crippen LogP contribution is -2.41. The number of hydrogen-bond acceptors (Lipinski definition) is 4. The Morgan fingerprint density at radius 2 is 1.52 bits per heavy atom. The summed E-state index contributed by atoms with van der Waals surface area (Å²) in [4.78, 5) is 29.7. The number of aromatic nitrogens is 1. The highest BCUT2D eigenvalue weighted by Gasteiger charge is 2.15. The van der Waals surface area contributed by atoms with E-state index in [0.29, 0.717) is 10.6 Å². The van der Waals surface area contributed by atoms with E-state index in [1.807, 2.05) is 24.3 Å². The molecule has 2 aromatic carbocycles. The van der Waals surface area contributed by atoms with Gasteiger partial charge in [-0.25, -0.2) is 4.98 Å². The van der Waals surface area contributed by atoms with Crippen LogP contribution >= 0.6 is 39.3 Å². The van der Waals surface area contributed by atoms with Crippen molar-refractivity contribution in [3.63, 3.8) is 0 Å². The number of hydrogen-bond donors (Lipinski definition) is 2. The van der Waals surface area contributed by atoms with Gasteiger partial charge in [-0.1, -0.05) is 47.6 Å². The summed E-state index contributed by atoms with van der Waals surface area (Å²) >= 11 is 10.7. The minimum Gasteiger partial charge on any atom is -0.267 e. The minimum atomic E-state index is -0.492. The molecule has 0 radical (unpaired) electrons. The smallest absolute Gasteiger partial charge is 0.267 e. The van der Waals surface area contributed by atoms with Crippen LogP contribution in [0.15, 0.2) is 81.3 Å². The SMILES string of the molecule is O=C(NNC(=O)c1ccccc1Sc1ccc(Br)cn1)c1ccccc1Cl. The zero-order chi connectivity index (χ0) is 19.2. The normalized spacial score (nSPS) is 10.3. The molecule has 2 N–H and O–H groups in total. The molecule has 0 spiro atoms. The second-order valence-electron chi connectivity index (χ2n) is 5.30. The molecule has 136 valence electrons. The number of pyridine rings is 1. The lowest BCUT2D eigenvalue weighted by molar-refractivity contribution is 0.0845. The first kappa shape index (κ1) is 19.4. The number of rotatable bonds is 4. The van der Waals surface area contributed by atoms with Crippen molar-refractivity contribution >= 4 is 51.1 Å². The number of halogens is 2. The molecule has 8 heteroatoms. The molecule has 0 aliphatic carbocycles. The van der Waals surface area contributed by atoms with Gasteiger partial charge in [-0.15, -0.1) is 0 Å². The summed E-state index contributed by atoms with van der Waals surface area (Å²) in [7, 11) is 0. The Bertz CT molecular complexity index is 983. The molecule has 2 amide bonds. The topological polar surface area (TPSA) is 71.1 Å². The van der Waals surface area contributed by atoms with Crippen molar-refractivity contribution < 1.29 is 9.59 Å². The number of hydrazine groups is 1. The first-order valence-corrected chi connectivity index (χ1v) is 9.77. The fourth-order valence-electron chi connectivity index (χ4n) is 2.17. The van der Waals surface area contributed by atoms with Crippen LogP contribution in [0.5, 0.6) is 0 Å². The number of carbonyl (C=O) groups excluding carboxylic acids is 2. The summed E-state index contributed by atoms with van der Waals surface area (Å²) in [6.07, 6.45) is 1.69. The minimum absolute atomic E-state index is 0.279. The van der Waals surface area contributed by atoms with Gasteiger partial charge in [-0.05, 0) is 52.3 Å². The zero-order valence-corrected chi connectivity index (χ0v) is 16.9. The van der Waals surface area contributed by atoms with Gasteiger partial charge in [0.2, 0.25) is 0 Å². The standard InChI is InChI=1S/C19H13BrClN3O2S/c20-12-9-10-17(22-11-12)27-16-8-4-2-6-14(16)19(26)24-23-18(25)13-5-1-3-7-15(13)21/h1-11H,(H,23,25)(H,24,26). The lowest BCUT2D eigenvalue weighted by Gasteiger charge is -2.11. The average Bonchev–Trinajstić information content (AvgIpc) is 2.68. The second-order valence-corrected chi connectivity index (χ2v) is 7.69. The fraction of sp³-hybridized carbons (Fsp3) is 0. The van der Waals surface area contributed by atoms with Crippen molar-refractivity contribution in [2.75, 3.05) is 0 Å². The van der Waals surface area contributed by atoms with Crippen molar-refractivity contribution in [2.24, 2.45) is 0 Å². The van der Waals surface area contributed by atoms with Gasteiger partial charge in [-0.2, -0.15) is 0 Å². The van der Waals surface area contributed by atoms with Crippen LogP contribution in [0, 0.1) is 0 Å². The maximum Gasteiger partial charge on any atom is 0.271 e. The number of amides is 2. The van der Waals surface area contributed by atoms with Crippen LogP contribution in [-0.4, -0.2) is 16.8 Å². The summed E-state index contributed by atoms with van der Waals surface area (Å²) < 4.78 is 0.875. The maximum atomic E-state index is 12.5. The van der Waals surface area contributed by atoms with Crippen LogP contribution in [0.4, 0.5) is 0 Å². The first-order chi connectivity index (χ1) is 13.0. The quantitative estimate of drug-likeness (QED) is 0.550. The summed E-state index contributed by atoms with van der Waals surface area (Å²) in [5, 5.41) is 1.06. The third kappa shape index (κ3) is 5.09. The summed E-state index contributed by atoms with van der Waals surface area (Å²) in [6, 6.07) is 17.4. The van der Waals surface area contributed by atoms with Gasteiger partial charge < -0.3 is 0 Å². The molecule has 0 atom stereocenters. The van der Waals surface area contributed by atoms with E-state index in [2.05, 4.69) is 31.8 Å². The third-order valence-corrected chi connectivity index (χ3v) is 5.28. The van der Waals surface area contributed by atoms with E-state index in [1.165, 1.54) is 11.8 Å². The number of benzene rings is 2. The average molecular weight is 463 g/mol. The molecule has 3 rings (SSSR count). The van der Waals surface area contributed by atoms with Crippen LogP contribution in [0.3, 0.4) is 0 Å². The van der Waals surface area contributed by atoms with E-state index < -0.39 is 11.8 Å². The molecule has 5 nitrogen and oxygen atoms in total. The highest BCUT2D eigenvalue weighted by atomic mass is 79.9. The van der Waals surface area contributed by atoms with Crippen molar-refractivity contribution in [1.29, 1.82) is 0 Å². The Balaban J connectivity index is 1.71. The highest BCUT2D eigenvalue weighted by Crippen LogP contribution is 2.29. The van der Waals surface area contributed by atoms with Gasteiger partial charge in [0.25, 0.3) is 11.8 Å². The number of nitrogens with one attached hydrogen (secondary N) is 2. The molecule has 0 aliphatic heterocycles. The van der Waals surface area contributed by atoms with Crippen molar-refractivity contribution in [1.82, 2.24) is 15.8 Å². The Kier molecular flexibility index (Phi) is 6.49. The molecule has 27 heavy (non-hydrogen) atoms. The molecule has 0 aliphatic rings. The Morgan fingerprint density at radius 3 is 2.19 bits per heavy atom. The predicted octanol–water partition coefficient (Wildman–Crippen LogP) is 4.72. The molecular formula is C19H13BrClN3O2S. The summed E-state index contributed by atoms with van der Waals surface area (Å²) in [6.45, 7) is 0. The van der Waals surface area contributed by atoms with E-state index in [0.717, 1.165) is 14.4 Å². The Morgan fingerprint density at radius 1 is 0.889 bits per heavy atom. The fourth-order valence-corrected chi connectivity index (χ4v) is 3.51. The molecule has 1 heterocycles. The lowest BCUT2D eigenvalue weighted by atomic mass is 10.2. The van der Waals surface area contributed by atoms with E-state index in [1.54, 1.807) is 42.6 Å². The van der Waals surface area contributed by atoms with Crippen molar-refractivity contribution in [3.05, 3.63) is 87.5 Å². The van der Waals surface area contributed by atoms with Crippen LogP contribution in [0.1, 0.15) is 20.7 Å². The van der Waals surface area contributed by atoms with Crippen molar-refractivity contribution in [2.45, 2.75) is 9.92 Å². The van der Waals surface area contributed by atoms with Gasteiger partial charge in [0.1, 0.15) is 5.03 Å². The zero-order valence-electron chi connectivity index (χ0n) is 13.8. The second kappa shape index (κ2) is 9.03. The molecule has 0 bridgehead atoms. The van der Waals surface area contributed by atoms with Crippen LogP contribution in [0.25, 0.3) is 0 Å². The Hall–Kier alpha value is -2.35. The van der Waals surface area contributed by atoms with Gasteiger partial charge in [0.15, 0.2) is 0 Å². The van der Waals surface area contributed by atoms with Gasteiger partial charge >= 0.3 is 0 Å². The highest BCUT2D eigenvalue weighted by molar-refractivity contribution is 9.10. The van der Waals surface area contributed by atoms with E-state index >= 15 is 0 Å². The largest absolute Gasteiger partial charge is 0.271 e. The summed E-state index contributed by atoms with van der Waals surface area (Å²) in [5.41, 5.74) is 5.51. The number of nitrogens with zero attached hydrogens (tertiary/aromatic N) is 1. The first-order valence-electron chi connectivity index (χ1n) is 7.78. The maximum absolute atomic E-state index is 12.5. The molecular weight excluding hydrogens is 450 g/mol. The molecule has 0 saturated heterocycles. The molecule has 3 aromatic rings. The van der Waals surface area contributed by atoms with Gasteiger partial charge in [0, 0.05) is 15.6 Å². The molecule has 0 fully saturated rings.